The van der Waals surface area contributed by atoms with Crippen LogP contribution < -0.4 is 5.32 Å². The van der Waals surface area contributed by atoms with Crippen molar-refractivity contribution in [1.82, 2.24) is 5.32 Å². The second-order valence-electron chi connectivity index (χ2n) is 3.09. The van der Waals surface area contributed by atoms with Gasteiger partial charge in [0.15, 0.2) is 0 Å². The average molecular weight is 193 g/mol. The van der Waals surface area contributed by atoms with Crippen molar-refractivity contribution in [3.8, 4) is 0 Å². The van der Waals surface area contributed by atoms with Crippen LogP contribution in [0.25, 0.3) is 0 Å². The van der Waals surface area contributed by atoms with E-state index in [1.807, 2.05) is 20.8 Å². The van der Waals surface area contributed by atoms with Crippen LogP contribution in [0.5, 0.6) is 0 Å². The Balaban J connectivity index is -0.000000605. The molecular formula is C9H20FNO2. The van der Waals surface area contributed by atoms with Gasteiger partial charge >= 0.3 is 0 Å². The van der Waals surface area contributed by atoms with Gasteiger partial charge in [0.25, 0.3) is 0 Å². The van der Waals surface area contributed by atoms with E-state index in [0.29, 0.717) is 19.4 Å². The van der Waals surface area contributed by atoms with Gasteiger partial charge in [0, 0.05) is 26.7 Å². The Labute approximate surface area is 79.7 Å². The lowest BCUT2D eigenvalue weighted by Crippen LogP contribution is -2.29. The van der Waals surface area contributed by atoms with E-state index in [1.165, 1.54) is 0 Å². The number of ketones is 1. The van der Waals surface area contributed by atoms with E-state index in [4.69, 9.17) is 0 Å². The molecule has 0 saturated heterocycles. The van der Waals surface area contributed by atoms with E-state index in [0.717, 1.165) is 0 Å². The molecule has 4 heteroatoms. The van der Waals surface area contributed by atoms with E-state index in [2.05, 4.69) is 5.32 Å². The van der Waals surface area contributed by atoms with Crippen molar-refractivity contribution in [1.29, 1.82) is 0 Å². The maximum atomic E-state index is 11.0. The van der Waals surface area contributed by atoms with Gasteiger partial charge < -0.3 is 5.32 Å². The lowest BCUT2D eigenvalue weighted by Gasteiger charge is -2.05. The molecule has 0 rings (SSSR count). The fraction of sp³-hybridized carbons (Fsp3) is 0.778. The Hall–Kier alpha value is -0.930. The standard InChI is InChI=1S/C9H17NO2.FH.H2/c1-4-8(11)5-6-10-9(12)7(2)3;;/h7H,4-6H2,1-3H3,(H,10,12);2*1H. The number of rotatable bonds is 5. The van der Waals surface area contributed by atoms with Gasteiger partial charge in [-0.05, 0) is 0 Å². The molecule has 0 atom stereocenters. The average Bonchev–Trinajstić information content (AvgIpc) is 2.03. The number of Topliss-reactive ketones (excluding diaryl/α,β-unsaturated/α-hetero) is 1. The highest BCUT2D eigenvalue weighted by molar-refractivity contribution is 5.80. The summed E-state index contributed by atoms with van der Waals surface area (Å²) in [6, 6.07) is 0. The maximum Gasteiger partial charge on any atom is 0.222 e. The number of amides is 1. The first-order chi connectivity index (χ1) is 5.57. The Morgan fingerprint density at radius 1 is 1.38 bits per heavy atom. The van der Waals surface area contributed by atoms with Crippen molar-refractivity contribution in [3.63, 3.8) is 0 Å². The first kappa shape index (κ1) is 14.6. The smallest absolute Gasteiger partial charge is 0.222 e. The first-order valence-corrected chi connectivity index (χ1v) is 4.37. The third-order valence-corrected chi connectivity index (χ3v) is 1.62. The van der Waals surface area contributed by atoms with Gasteiger partial charge in [-0.3, -0.25) is 14.3 Å². The zero-order valence-electron chi connectivity index (χ0n) is 8.42. The Morgan fingerprint density at radius 2 is 1.92 bits per heavy atom. The van der Waals surface area contributed by atoms with Crippen molar-refractivity contribution in [3.05, 3.63) is 0 Å². The largest absolute Gasteiger partial charge is 0.355 e. The number of carbonyl (C=O) groups excluding carboxylic acids is 2. The number of carbonyl (C=O) groups is 2. The van der Waals surface area contributed by atoms with Crippen molar-refractivity contribution in [2.75, 3.05) is 6.54 Å². The third-order valence-electron chi connectivity index (χ3n) is 1.62. The van der Waals surface area contributed by atoms with E-state index in [1.54, 1.807) is 0 Å². The summed E-state index contributed by atoms with van der Waals surface area (Å²) in [5.74, 6) is 0.208. The number of nitrogens with one attached hydrogen (secondary N) is 1. The van der Waals surface area contributed by atoms with Crippen LogP contribution in [-0.4, -0.2) is 18.2 Å². The van der Waals surface area contributed by atoms with Crippen LogP contribution >= 0.6 is 0 Å². The summed E-state index contributed by atoms with van der Waals surface area (Å²) in [7, 11) is 0. The normalized spacial score (nSPS) is 9.23. The first-order valence-electron chi connectivity index (χ1n) is 4.37. The molecule has 0 bridgehead atoms. The Bertz CT molecular complexity index is 174. The molecule has 3 nitrogen and oxygen atoms in total. The maximum absolute atomic E-state index is 11.0. The summed E-state index contributed by atoms with van der Waals surface area (Å²) in [5.41, 5.74) is 0. The summed E-state index contributed by atoms with van der Waals surface area (Å²) in [6.07, 6.45) is 1.01. The summed E-state index contributed by atoms with van der Waals surface area (Å²) >= 11 is 0. The Kier molecular flexibility index (Phi) is 8.65. The van der Waals surface area contributed by atoms with Crippen LogP contribution in [0.1, 0.15) is 35.0 Å². The third kappa shape index (κ3) is 7.43. The molecule has 0 saturated carbocycles. The van der Waals surface area contributed by atoms with E-state index in [9.17, 15) is 9.59 Å². The highest BCUT2D eigenvalue weighted by Crippen LogP contribution is 1.91. The molecule has 0 heterocycles. The molecule has 13 heavy (non-hydrogen) atoms. The predicted molar refractivity (Wildman–Crippen MR) is 52.4 cm³/mol. The van der Waals surface area contributed by atoms with Gasteiger partial charge in [-0.25, -0.2) is 0 Å². The summed E-state index contributed by atoms with van der Waals surface area (Å²) in [5, 5.41) is 2.69. The van der Waals surface area contributed by atoms with E-state index in [-0.39, 0.29) is 23.7 Å². The van der Waals surface area contributed by atoms with Crippen molar-refractivity contribution in [2.45, 2.75) is 33.6 Å². The van der Waals surface area contributed by atoms with Crippen molar-refractivity contribution in [2.24, 2.45) is 5.92 Å². The zero-order chi connectivity index (χ0) is 9.56. The predicted octanol–water partition coefficient (Wildman–Crippen LogP) is 1.53. The van der Waals surface area contributed by atoms with Crippen molar-refractivity contribution >= 4 is 11.7 Å². The molecule has 0 aliphatic heterocycles. The summed E-state index contributed by atoms with van der Waals surface area (Å²) in [6.45, 7) is 5.96. The van der Waals surface area contributed by atoms with E-state index < -0.39 is 0 Å². The molecule has 0 spiro atoms. The minimum atomic E-state index is 0. The summed E-state index contributed by atoms with van der Waals surface area (Å²) < 4.78 is 0. The van der Waals surface area contributed by atoms with Crippen molar-refractivity contribution < 1.29 is 15.7 Å². The molecule has 0 aromatic heterocycles. The van der Waals surface area contributed by atoms with Crippen LogP contribution in [-0.2, 0) is 9.59 Å². The van der Waals surface area contributed by atoms with Gasteiger partial charge in [0.05, 0.1) is 0 Å². The summed E-state index contributed by atoms with van der Waals surface area (Å²) in [4.78, 5) is 21.8. The molecule has 0 aromatic carbocycles. The topological polar surface area (TPSA) is 46.2 Å². The fourth-order valence-corrected chi connectivity index (χ4v) is 0.706. The molecule has 1 N–H and O–H groups in total. The van der Waals surface area contributed by atoms with Crippen LogP contribution in [0.15, 0.2) is 0 Å². The molecule has 0 aliphatic carbocycles. The molecule has 0 aliphatic rings. The monoisotopic (exact) mass is 193 g/mol. The van der Waals surface area contributed by atoms with E-state index >= 15 is 0 Å². The highest BCUT2D eigenvalue weighted by Gasteiger charge is 2.05. The lowest BCUT2D eigenvalue weighted by molar-refractivity contribution is -0.124. The lowest BCUT2D eigenvalue weighted by atomic mass is 10.2. The van der Waals surface area contributed by atoms with Gasteiger partial charge in [0.2, 0.25) is 5.91 Å². The second kappa shape index (κ2) is 7.71. The number of hydrogen-bond acceptors (Lipinski definition) is 2. The van der Waals surface area contributed by atoms with Gasteiger partial charge in [0.1, 0.15) is 5.78 Å². The minimum Gasteiger partial charge on any atom is -0.355 e. The number of hydrogen-bond donors (Lipinski definition) is 1. The Morgan fingerprint density at radius 3 is 2.31 bits per heavy atom. The quantitative estimate of drug-likeness (QED) is 0.719. The highest BCUT2D eigenvalue weighted by atomic mass is 19.0. The minimum absolute atomic E-state index is 0. The molecule has 1 amide bonds. The zero-order valence-corrected chi connectivity index (χ0v) is 8.42. The number of halogens is 1. The van der Waals surface area contributed by atoms with Gasteiger partial charge in [-0.1, -0.05) is 20.8 Å². The van der Waals surface area contributed by atoms with Crippen LogP contribution in [0.4, 0.5) is 4.70 Å². The molecule has 0 unspecified atom stereocenters. The van der Waals surface area contributed by atoms with Gasteiger partial charge in [-0.2, -0.15) is 0 Å². The SMILES string of the molecule is CCC(=O)CCNC(=O)C(C)C.F.[HH]. The van der Waals surface area contributed by atoms with Crippen LogP contribution in [0.3, 0.4) is 0 Å². The van der Waals surface area contributed by atoms with Gasteiger partial charge in [-0.15, -0.1) is 0 Å². The molecule has 0 aromatic rings. The molecule has 80 valence electrons. The van der Waals surface area contributed by atoms with Crippen LogP contribution in [0, 0.1) is 5.92 Å². The molecular weight excluding hydrogens is 173 g/mol. The van der Waals surface area contributed by atoms with Crippen LogP contribution in [0.2, 0.25) is 0 Å². The fourth-order valence-electron chi connectivity index (χ4n) is 0.706. The molecule has 0 fully saturated rings. The molecule has 0 radical (unpaired) electrons. The second-order valence-corrected chi connectivity index (χ2v) is 3.09.